The SMILES string of the molecule is CCCN(C(=O)c1cccc(F)c1)C1CCS(=O)(=O)C1. The summed E-state index contributed by atoms with van der Waals surface area (Å²) in [5, 5.41) is 0. The van der Waals surface area contributed by atoms with Gasteiger partial charge in [-0.05, 0) is 31.0 Å². The van der Waals surface area contributed by atoms with Crippen molar-refractivity contribution in [3.8, 4) is 0 Å². The van der Waals surface area contributed by atoms with Crippen LogP contribution in [0.15, 0.2) is 24.3 Å². The van der Waals surface area contributed by atoms with Crippen molar-refractivity contribution in [2.75, 3.05) is 18.1 Å². The fourth-order valence-corrected chi connectivity index (χ4v) is 4.23. The van der Waals surface area contributed by atoms with Crippen LogP contribution in [0.25, 0.3) is 0 Å². The molecule has 0 aliphatic carbocycles. The number of hydrogen-bond donors (Lipinski definition) is 0. The van der Waals surface area contributed by atoms with Crippen LogP contribution in [0.4, 0.5) is 4.39 Å². The van der Waals surface area contributed by atoms with E-state index in [-0.39, 0.29) is 29.0 Å². The van der Waals surface area contributed by atoms with E-state index in [1.165, 1.54) is 18.2 Å². The number of hydrogen-bond acceptors (Lipinski definition) is 3. The average Bonchev–Trinajstić information content (AvgIpc) is 2.75. The molecule has 1 aliphatic heterocycles. The number of amides is 1. The molecule has 0 radical (unpaired) electrons. The van der Waals surface area contributed by atoms with Crippen LogP contribution in [0.1, 0.15) is 30.1 Å². The number of halogens is 1. The Morgan fingerprint density at radius 2 is 2.20 bits per heavy atom. The highest BCUT2D eigenvalue weighted by atomic mass is 32.2. The van der Waals surface area contributed by atoms with Gasteiger partial charge in [0.05, 0.1) is 11.5 Å². The third-order valence-corrected chi connectivity index (χ3v) is 5.20. The van der Waals surface area contributed by atoms with E-state index in [2.05, 4.69) is 0 Å². The van der Waals surface area contributed by atoms with Crippen molar-refractivity contribution in [2.45, 2.75) is 25.8 Å². The molecule has 6 heteroatoms. The predicted octanol–water partition coefficient (Wildman–Crippen LogP) is 1.86. The van der Waals surface area contributed by atoms with E-state index >= 15 is 0 Å². The van der Waals surface area contributed by atoms with Crippen LogP contribution in [-0.4, -0.2) is 43.3 Å². The maximum atomic E-state index is 13.2. The molecular weight excluding hydrogens is 281 g/mol. The van der Waals surface area contributed by atoms with Gasteiger partial charge in [0.25, 0.3) is 5.91 Å². The normalized spacial score (nSPS) is 20.8. The lowest BCUT2D eigenvalue weighted by Gasteiger charge is -2.28. The van der Waals surface area contributed by atoms with Gasteiger partial charge in [0, 0.05) is 18.2 Å². The number of nitrogens with zero attached hydrogens (tertiary/aromatic N) is 1. The third-order valence-electron chi connectivity index (χ3n) is 3.45. The Balaban J connectivity index is 2.22. The molecule has 20 heavy (non-hydrogen) atoms. The zero-order valence-corrected chi connectivity index (χ0v) is 12.2. The van der Waals surface area contributed by atoms with Crippen molar-refractivity contribution < 1.29 is 17.6 Å². The second-order valence-corrected chi connectivity index (χ2v) is 7.29. The van der Waals surface area contributed by atoms with Gasteiger partial charge in [0.2, 0.25) is 0 Å². The molecular formula is C14H18FNO3S. The first-order valence-electron chi connectivity index (χ1n) is 6.70. The summed E-state index contributed by atoms with van der Waals surface area (Å²) in [5.74, 6) is -0.637. The molecule has 1 saturated heterocycles. The van der Waals surface area contributed by atoms with Gasteiger partial charge in [-0.3, -0.25) is 4.79 Å². The van der Waals surface area contributed by atoms with Crippen molar-refractivity contribution in [1.82, 2.24) is 4.90 Å². The molecule has 4 nitrogen and oxygen atoms in total. The molecule has 1 atom stereocenters. The molecule has 0 bridgehead atoms. The minimum absolute atomic E-state index is 0.00799. The number of benzene rings is 1. The highest BCUT2D eigenvalue weighted by Gasteiger charge is 2.34. The van der Waals surface area contributed by atoms with E-state index < -0.39 is 15.7 Å². The molecule has 1 aromatic carbocycles. The Labute approximate surface area is 118 Å². The monoisotopic (exact) mass is 299 g/mol. The van der Waals surface area contributed by atoms with Crippen molar-refractivity contribution in [2.24, 2.45) is 0 Å². The minimum Gasteiger partial charge on any atom is -0.335 e. The largest absolute Gasteiger partial charge is 0.335 e. The van der Waals surface area contributed by atoms with Crippen LogP contribution in [0.5, 0.6) is 0 Å². The summed E-state index contributed by atoms with van der Waals surface area (Å²) in [5.41, 5.74) is 0.266. The van der Waals surface area contributed by atoms with Crippen LogP contribution in [0.3, 0.4) is 0 Å². The number of carbonyl (C=O) groups is 1. The Hall–Kier alpha value is -1.43. The summed E-state index contributed by atoms with van der Waals surface area (Å²) < 4.78 is 36.3. The Bertz CT molecular complexity index is 600. The molecule has 1 aliphatic rings. The van der Waals surface area contributed by atoms with E-state index in [4.69, 9.17) is 0 Å². The second-order valence-electron chi connectivity index (χ2n) is 5.07. The number of sulfone groups is 1. The summed E-state index contributed by atoms with van der Waals surface area (Å²) in [4.78, 5) is 14.0. The van der Waals surface area contributed by atoms with E-state index in [0.717, 1.165) is 6.42 Å². The smallest absolute Gasteiger partial charge is 0.254 e. The summed E-state index contributed by atoms with van der Waals surface area (Å²) in [6, 6.07) is 5.21. The van der Waals surface area contributed by atoms with Crippen LogP contribution in [0, 0.1) is 5.82 Å². The van der Waals surface area contributed by atoms with Gasteiger partial charge < -0.3 is 4.90 Å². The van der Waals surface area contributed by atoms with Crippen LogP contribution in [0.2, 0.25) is 0 Å². The van der Waals surface area contributed by atoms with Crippen molar-refractivity contribution in [3.63, 3.8) is 0 Å². The quantitative estimate of drug-likeness (QED) is 0.853. The Morgan fingerprint density at radius 1 is 1.45 bits per heavy atom. The van der Waals surface area contributed by atoms with E-state index in [1.54, 1.807) is 11.0 Å². The van der Waals surface area contributed by atoms with Crippen LogP contribution >= 0.6 is 0 Å². The lowest BCUT2D eigenvalue weighted by Crippen LogP contribution is -2.41. The average molecular weight is 299 g/mol. The minimum atomic E-state index is -3.05. The maximum Gasteiger partial charge on any atom is 0.254 e. The van der Waals surface area contributed by atoms with Crippen LogP contribution in [-0.2, 0) is 9.84 Å². The lowest BCUT2D eigenvalue weighted by atomic mass is 10.1. The van der Waals surface area contributed by atoms with Crippen molar-refractivity contribution in [1.29, 1.82) is 0 Å². The maximum absolute atomic E-state index is 13.2. The Morgan fingerprint density at radius 3 is 2.75 bits per heavy atom. The predicted molar refractivity (Wildman–Crippen MR) is 74.8 cm³/mol. The molecule has 0 saturated carbocycles. The van der Waals surface area contributed by atoms with Crippen LogP contribution < -0.4 is 0 Å². The lowest BCUT2D eigenvalue weighted by molar-refractivity contribution is 0.0696. The van der Waals surface area contributed by atoms with Gasteiger partial charge >= 0.3 is 0 Å². The van der Waals surface area contributed by atoms with Crippen molar-refractivity contribution in [3.05, 3.63) is 35.6 Å². The third kappa shape index (κ3) is 3.36. The van der Waals surface area contributed by atoms with E-state index in [1.807, 2.05) is 6.92 Å². The summed E-state index contributed by atoms with van der Waals surface area (Å²) in [7, 11) is -3.05. The zero-order valence-electron chi connectivity index (χ0n) is 11.4. The highest BCUT2D eigenvalue weighted by molar-refractivity contribution is 7.91. The van der Waals surface area contributed by atoms with Gasteiger partial charge in [-0.2, -0.15) is 0 Å². The molecule has 1 aromatic rings. The molecule has 1 amide bonds. The van der Waals surface area contributed by atoms with E-state index in [9.17, 15) is 17.6 Å². The van der Waals surface area contributed by atoms with Gasteiger partial charge in [-0.1, -0.05) is 13.0 Å². The van der Waals surface area contributed by atoms with Gasteiger partial charge in [0.15, 0.2) is 9.84 Å². The van der Waals surface area contributed by atoms with Gasteiger partial charge in [0.1, 0.15) is 5.82 Å². The summed E-state index contributed by atoms with van der Waals surface area (Å²) >= 11 is 0. The second kappa shape index (κ2) is 5.91. The van der Waals surface area contributed by atoms with E-state index in [0.29, 0.717) is 13.0 Å². The molecule has 0 N–H and O–H groups in total. The molecule has 110 valence electrons. The van der Waals surface area contributed by atoms with Gasteiger partial charge in [-0.25, -0.2) is 12.8 Å². The zero-order chi connectivity index (χ0) is 14.8. The first-order chi connectivity index (χ1) is 9.43. The summed E-state index contributed by atoms with van der Waals surface area (Å²) in [6.45, 7) is 2.41. The fraction of sp³-hybridized carbons (Fsp3) is 0.500. The number of rotatable bonds is 4. The topological polar surface area (TPSA) is 54.5 Å². The molecule has 0 spiro atoms. The number of carbonyl (C=O) groups excluding carboxylic acids is 1. The fourth-order valence-electron chi connectivity index (χ4n) is 2.50. The molecule has 2 rings (SSSR count). The van der Waals surface area contributed by atoms with Crippen molar-refractivity contribution >= 4 is 15.7 Å². The van der Waals surface area contributed by atoms with Gasteiger partial charge in [-0.15, -0.1) is 0 Å². The summed E-state index contributed by atoms with van der Waals surface area (Å²) in [6.07, 6.45) is 1.20. The molecule has 1 fully saturated rings. The first kappa shape index (κ1) is 15.0. The Kier molecular flexibility index (Phi) is 4.42. The highest BCUT2D eigenvalue weighted by Crippen LogP contribution is 2.20. The molecule has 0 aromatic heterocycles. The molecule has 1 unspecified atom stereocenters. The first-order valence-corrected chi connectivity index (χ1v) is 8.52. The molecule has 1 heterocycles. The standard InChI is InChI=1S/C14H18FNO3S/c1-2-7-16(13-6-8-20(18,19)10-13)14(17)11-4-3-5-12(15)9-11/h3-5,9,13H,2,6-8,10H2,1H3.